The van der Waals surface area contributed by atoms with E-state index in [1.807, 2.05) is 5.43 Å². The summed E-state index contributed by atoms with van der Waals surface area (Å²) < 4.78 is 0. The number of nitrogens with one attached hydrogen (secondary N) is 2. The second-order valence-corrected chi connectivity index (χ2v) is 0.950. The molecule has 0 unspecified atom stereocenters. The van der Waals surface area contributed by atoms with E-state index in [-0.39, 0.29) is 6.54 Å². The lowest BCUT2D eigenvalue weighted by Crippen LogP contribution is -2.31. The number of nitrogens with zero attached hydrogens (tertiary/aromatic N) is 1. The SMILES string of the molecule is O=NNNCC(=O)O. The van der Waals surface area contributed by atoms with Gasteiger partial charge in [0.05, 0.1) is 5.29 Å². The van der Waals surface area contributed by atoms with E-state index in [0.717, 1.165) is 0 Å². The molecule has 0 rings (SSSR count). The highest BCUT2D eigenvalue weighted by Gasteiger charge is 1.90. The molecule has 0 saturated heterocycles. The van der Waals surface area contributed by atoms with Gasteiger partial charge >= 0.3 is 5.97 Å². The van der Waals surface area contributed by atoms with Crippen LogP contribution in [0.4, 0.5) is 0 Å². The molecule has 0 aromatic rings. The van der Waals surface area contributed by atoms with E-state index < -0.39 is 5.97 Å². The average Bonchev–Trinajstić information content (AvgIpc) is 1.66. The Balaban J connectivity index is 2.93. The molecular weight excluding hydrogens is 114 g/mol. The van der Waals surface area contributed by atoms with Gasteiger partial charge in [-0.05, 0) is 0 Å². The van der Waals surface area contributed by atoms with Gasteiger partial charge in [0.15, 0.2) is 0 Å². The number of hydrazine groups is 1. The maximum atomic E-state index is 9.63. The molecule has 0 aromatic heterocycles. The number of carboxylic acids is 1. The fourth-order valence-corrected chi connectivity index (χ4v) is 0.147. The van der Waals surface area contributed by atoms with Crippen LogP contribution in [0.3, 0.4) is 0 Å². The first-order chi connectivity index (χ1) is 3.77. The molecule has 0 heterocycles. The van der Waals surface area contributed by atoms with Gasteiger partial charge in [0.1, 0.15) is 6.54 Å². The zero-order chi connectivity index (χ0) is 6.41. The van der Waals surface area contributed by atoms with Crippen molar-refractivity contribution in [1.29, 1.82) is 0 Å². The van der Waals surface area contributed by atoms with Crippen LogP contribution in [0.25, 0.3) is 0 Å². The summed E-state index contributed by atoms with van der Waals surface area (Å²) in [5.41, 5.74) is 3.72. The monoisotopic (exact) mass is 119 g/mol. The summed E-state index contributed by atoms with van der Waals surface area (Å²) in [5, 5.41) is 10.0. The van der Waals surface area contributed by atoms with Gasteiger partial charge in [-0.3, -0.25) is 4.79 Å². The fourth-order valence-electron chi connectivity index (χ4n) is 0.147. The van der Waals surface area contributed by atoms with Crippen LogP contribution in [0, 0.1) is 4.91 Å². The zero-order valence-electron chi connectivity index (χ0n) is 3.92. The van der Waals surface area contributed by atoms with Gasteiger partial charge in [-0.25, -0.2) is 11.0 Å². The number of carboxylic acid groups (broad SMARTS) is 1. The van der Waals surface area contributed by atoms with Crippen LogP contribution >= 0.6 is 0 Å². The van der Waals surface area contributed by atoms with Gasteiger partial charge in [0, 0.05) is 0 Å². The second kappa shape index (κ2) is 4.00. The molecule has 6 nitrogen and oxygen atoms in total. The quantitative estimate of drug-likeness (QED) is 0.247. The van der Waals surface area contributed by atoms with Crippen LogP contribution in [-0.4, -0.2) is 17.6 Å². The van der Waals surface area contributed by atoms with Crippen molar-refractivity contribution >= 4 is 5.97 Å². The Morgan fingerprint density at radius 2 is 2.38 bits per heavy atom. The van der Waals surface area contributed by atoms with Crippen molar-refractivity contribution in [2.24, 2.45) is 5.29 Å². The number of nitroso groups, excluding NO2 is 1. The van der Waals surface area contributed by atoms with E-state index in [1.165, 1.54) is 0 Å². The lowest BCUT2D eigenvalue weighted by molar-refractivity contribution is -0.136. The number of hydrogen-bond acceptors (Lipinski definition) is 4. The molecule has 8 heavy (non-hydrogen) atoms. The smallest absolute Gasteiger partial charge is 0.319 e. The van der Waals surface area contributed by atoms with Crippen molar-refractivity contribution in [2.75, 3.05) is 6.54 Å². The highest BCUT2D eigenvalue weighted by Crippen LogP contribution is 1.53. The summed E-state index contributed by atoms with van der Waals surface area (Å²) in [5.74, 6) is -1.05. The third kappa shape index (κ3) is 4.83. The van der Waals surface area contributed by atoms with E-state index in [9.17, 15) is 4.79 Å². The molecular formula is C2H5N3O3. The molecule has 0 aliphatic heterocycles. The van der Waals surface area contributed by atoms with Crippen molar-refractivity contribution in [1.82, 2.24) is 11.0 Å². The molecule has 0 atom stereocenters. The first-order valence-electron chi connectivity index (χ1n) is 1.79. The van der Waals surface area contributed by atoms with Gasteiger partial charge < -0.3 is 5.11 Å². The van der Waals surface area contributed by atoms with E-state index in [1.54, 1.807) is 5.53 Å². The molecule has 0 fully saturated rings. The number of hydrogen-bond donors (Lipinski definition) is 3. The number of rotatable bonds is 4. The van der Waals surface area contributed by atoms with E-state index in [4.69, 9.17) is 10.0 Å². The fraction of sp³-hybridized carbons (Fsp3) is 0.500. The Bertz CT molecular complexity index is 92.5. The minimum atomic E-state index is -1.05. The normalized spacial score (nSPS) is 8.00. The molecule has 0 spiro atoms. The topological polar surface area (TPSA) is 90.8 Å². The van der Waals surface area contributed by atoms with Crippen molar-refractivity contribution in [3.8, 4) is 0 Å². The molecule has 3 N–H and O–H groups in total. The van der Waals surface area contributed by atoms with Crippen LogP contribution in [0.2, 0.25) is 0 Å². The first-order valence-corrected chi connectivity index (χ1v) is 1.79. The summed E-state index contributed by atoms with van der Waals surface area (Å²) in [4.78, 5) is 18.8. The molecule has 6 heteroatoms. The maximum Gasteiger partial charge on any atom is 0.319 e. The Morgan fingerprint density at radius 3 is 2.75 bits per heavy atom. The Morgan fingerprint density at radius 1 is 1.75 bits per heavy atom. The van der Waals surface area contributed by atoms with Gasteiger partial charge in [0.25, 0.3) is 0 Å². The minimum absolute atomic E-state index is 0.328. The maximum absolute atomic E-state index is 9.63. The summed E-state index contributed by atoms with van der Waals surface area (Å²) >= 11 is 0. The Hall–Kier alpha value is -1.17. The lowest BCUT2D eigenvalue weighted by Gasteiger charge is -1.91. The minimum Gasteiger partial charge on any atom is -0.480 e. The van der Waals surface area contributed by atoms with Gasteiger partial charge in [-0.1, -0.05) is 0 Å². The van der Waals surface area contributed by atoms with Crippen LogP contribution in [-0.2, 0) is 4.79 Å². The summed E-state index contributed by atoms with van der Waals surface area (Å²) in [7, 11) is 0. The summed E-state index contributed by atoms with van der Waals surface area (Å²) in [6.07, 6.45) is 0. The van der Waals surface area contributed by atoms with E-state index in [0.29, 0.717) is 0 Å². The highest BCUT2D eigenvalue weighted by molar-refractivity contribution is 5.68. The van der Waals surface area contributed by atoms with Crippen LogP contribution < -0.4 is 11.0 Å². The molecule has 0 aromatic carbocycles. The zero-order valence-corrected chi connectivity index (χ0v) is 3.92. The third-order valence-electron chi connectivity index (χ3n) is 0.364. The largest absolute Gasteiger partial charge is 0.480 e. The second-order valence-electron chi connectivity index (χ2n) is 0.950. The van der Waals surface area contributed by atoms with Crippen LogP contribution in [0.15, 0.2) is 5.29 Å². The van der Waals surface area contributed by atoms with Crippen LogP contribution in [0.1, 0.15) is 0 Å². The third-order valence-corrected chi connectivity index (χ3v) is 0.364. The van der Waals surface area contributed by atoms with Crippen molar-refractivity contribution < 1.29 is 9.90 Å². The first kappa shape index (κ1) is 6.83. The molecule has 0 amide bonds. The van der Waals surface area contributed by atoms with Gasteiger partial charge in [-0.2, -0.15) is 0 Å². The van der Waals surface area contributed by atoms with Crippen molar-refractivity contribution in [3.63, 3.8) is 0 Å². The van der Waals surface area contributed by atoms with E-state index in [2.05, 4.69) is 5.29 Å². The van der Waals surface area contributed by atoms with Crippen molar-refractivity contribution in [3.05, 3.63) is 4.91 Å². The molecule has 0 saturated carbocycles. The number of aliphatic carboxylic acids is 1. The molecule has 0 radical (unpaired) electrons. The molecule has 0 aliphatic carbocycles. The summed E-state index contributed by atoms with van der Waals surface area (Å²) in [6.45, 7) is -0.328. The summed E-state index contributed by atoms with van der Waals surface area (Å²) in [6, 6.07) is 0. The Kier molecular flexibility index (Phi) is 3.42. The van der Waals surface area contributed by atoms with Crippen LogP contribution in [0.5, 0.6) is 0 Å². The number of carbonyl (C=O) groups is 1. The lowest BCUT2D eigenvalue weighted by atomic mass is 10.7. The van der Waals surface area contributed by atoms with E-state index >= 15 is 0 Å². The van der Waals surface area contributed by atoms with Crippen molar-refractivity contribution in [2.45, 2.75) is 0 Å². The predicted molar refractivity (Wildman–Crippen MR) is 24.6 cm³/mol. The molecule has 0 bridgehead atoms. The average molecular weight is 119 g/mol. The Labute approximate surface area is 44.8 Å². The van der Waals surface area contributed by atoms with Gasteiger partial charge in [0.2, 0.25) is 0 Å². The standard InChI is InChI=1S/C2H5N3O3/c6-2(7)1-3-4-5-8/h1H2,(H,3,5)(H,4,8)(H,6,7). The highest BCUT2D eigenvalue weighted by atomic mass is 16.4. The molecule has 46 valence electrons. The van der Waals surface area contributed by atoms with Gasteiger partial charge in [-0.15, -0.1) is 4.91 Å². The molecule has 0 aliphatic rings. The predicted octanol–water partition coefficient (Wildman–Crippen LogP) is -1.15.